The number of benzene rings is 1. The average Bonchev–Trinajstić information content (AvgIpc) is 2.08. The van der Waals surface area contributed by atoms with Crippen molar-refractivity contribution in [1.82, 2.24) is 0 Å². The number of ether oxygens (including phenoxy) is 1. The molecule has 0 N–H and O–H groups in total. The van der Waals surface area contributed by atoms with Gasteiger partial charge in [0.15, 0.2) is 0 Å². The molecule has 1 aromatic rings. The van der Waals surface area contributed by atoms with Crippen LogP contribution in [0.4, 0.5) is 0 Å². The van der Waals surface area contributed by atoms with Gasteiger partial charge in [-0.2, -0.15) is 0 Å². The number of esters is 1. The lowest BCUT2D eigenvalue weighted by molar-refractivity contribution is 0.00698. The van der Waals surface area contributed by atoms with E-state index in [0.29, 0.717) is 5.02 Å². The molecule has 88 valence electrons. The van der Waals surface area contributed by atoms with Crippen LogP contribution in [0.2, 0.25) is 15.1 Å². The standard InChI is InChI=1S/C11H11Cl3O2/c1-11(2,3)16-10(15)7-4-6(12)5-8(13)9(7)14/h4-5H,1-3H3. The van der Waals surface area contributed by atoms with Gasteiger partial charge >= 0.3 is 5.97 Å². The molecule has 0 fully saturated rings. The van der Waals surface area contributed by atoms with Crippen LogP contribution in [0.25, 0.3) is 0 Å². The molecule has 0 aliphatic rings. The number of hydrogen-bond acceptors (Lipinski definition) is 2. The SMILES string of the molecule is CC(C)(C)OC(=O)c1cc(Cl)cc(Cl)c1Cl. The monoisotopic (exact) mass is 280 g/mol. The van der Waals surface area contributed by atoms with Gasteiger partial charge in [-0.1, -0.05) is 34.8 Å². The van der Waals surface area contributed by atoms with Crippen molar-refractivity contribution in [1.29, 1.82) is 0 Å². The number of halogens is 3. The Bertz CT molecular complexity index is 422. The molecule has 0 saturated heterocycles. The Morgan fingerprint density at radius 1 is 1.19 bits per heavy atom. The van der Waals surface area contributed by atoms with Gasteiger partial charge < -0.3 is 4.74 Å². The topological polar surface area (TPSA) is 26.3 Å². The van der Waals surface area contributed by atoms with E-state index < -0.39 is 11.6 Å². The van der Waals surface area contributed by atoms with Crippen molar-refractivity contribution < 1.29 is 9.53 Å². The van der Waals surface area contributed by atoms with Crippen molar-refractivity contribution in [3.8, 4) is 0 Å². The molecule has 0 unspecified atom stereocenters. The first-order valence-corrected chi connectivity index (χ1v) is 5.72. The van der Waals surface area contributed by atoms with E-state index >= 15 is 0 Å². The normalized spacial score (nSPS) is 11.4. The third-order valence-electron chi connectivity index (χ3n) is 1.61. The predicted molar refractivity (Wildman–Crippen MR) is 66.6 cm³/mol. The van der Waals surface area contributed by atoms with Gasteiger partial charge in [-0.05, 0) is 32.9 Å². The van der Waals surface area contributed by atoms with E-state index in [-0.39, 0.29) is 15.6 Å². The molecular formula is C11H11Cl3O2. The molecule has 0 aromatic heterocycles. The molecule has 2 nitrogen and oxygen atoms in total. The minimum atomic E-state index is -0.588. The van der Waals surface area contributed by atoms with Gasteiger partial charge in [0.2, 0.25) is 0 Å². The van der Waals surface area contributed by atoms with E-state index in [2.05, 4.69) is 0 Å². The molecule has 5 heteroatoms. The second-order valence-corrected chi connectivity index (χ2v) is 5.47. The third kappa shape index (κ3) is 3.55. The lowest BCUT2D eigenvalue weighted by Gasteiger charge is -2.20. The molecule has 0 heterocycles. The maximum atomic E-state index is 11.8. The smallest absolute Gasteiger partial charge is 0.340 e. The third-order valence-corrected chi connectivity index (χ3v) is 2.63. The zero-order chi connectivity index (χ0) is 12.5. The molecule has 1 rings (SSSR count). The van der Waals surface area contributed by atoms with Gasteiger partial charge in [-0.25, -0.2) is 4.79 Å². The highest BCUT2D eigenvalue weighted by Crippen LogP contribution is 2.30. The Labute approximate surface area is 109 Å². The van der Waals surface area contributed by atoms with Crippen molar-refractivity contribution in [3.05, 3.63) is 32.8 Å². The highest BCUT2D eigenvalue weighted by atomic mass is 35.5. The Balaban J connectivity index is 3.09. The summed E-state index contributed by atoms with van der Waals surface area (Å²) in [7, 11) is 0. The number of carbonyl (C=O) groups is 1. The van der Waals surface area contributed by atoms with Crippen LogP contribution in [0.3, 0.4) is 0 Å². The van der Waals surface area contributed by atoms with E-state index in [1.165, 1.54) is 12.1 Å². The minimum Gasteiger partial charge on any atom is -0.456 e. The molecule has 1 aromatic carbocycles. The van der Waals surface area contributed by atoms with E-state index in [4.69, 9.17) is 39.5 Å². The van der Waals surface area contributed by atoms with Crippen LogP contribution in [-0.2, 0) is 4.74 Å². The van der Waals surface area contributed by atoms with Crippen LogP contribution in [0, 0.1) is 0 Å². The van der Waals surface area contributed by atoms with Gasteiger partial charge in [-0.15, -0.1) is 0 Å². The van der Waals surface area contributed by atoms with Crippen LogP contribution in [-0.4, -0.2) is 11.6 Å². The fourth-order valence-electron chi connectivity index (χ4n) is 1.04. The van der Waals surface area contributed by atoms with E-state index in [1.54, 1.807) is 20.8 Å². The molecule has 0 amide bonds. The fraction of sp³-hybridized carbons (Fsp3) is 0.364. The molecule has 0 spiro atoms. The first-order chi connectivity index (χ1) is 7.20. The summed E-state index contributed by atoms with van der Waals surface area (Å²) < 4.78 is 5.17. The molecule has 0 radical (unpaired) electrons. The van der Waals surface area contributed by atoms with Crippen molar-refractivity contribution >= 4 is 40.8 Å². The molecule has 0 aliphatic heterocycles. The van der Waals surface area contributed by atoms with Gasteiger partial charge in [0, 0.05) is 5.02 Å². The Kier molecular flexibility index (Phi) is 4.11. The summed E-state index contributed by atoms with van der Waals surface area (Å²) in [5, 5.41) is 0.727. The van der Waals surface area contributed by atoms with E-state index in [9.17, 15) is 4.79 Å². The Hall–Kier alpha value is -0.440. The largest absolute Gasteiger partial charge is 0.456 e. The zero-order valence-corrected chi connectivity index (χ0v) is 11.4. The quantitative estimate of drug-likeness (QED) is 0.555. The van der Waals surface area contributed by atoms with Crippen molar-refractivity contribution in [2.75, 3.05) is 0 Å². The van der Waals surface area contributed by atoms with Crippen molar-refractivity contribution in [2.24, 2.45) is 0 Å². The number of hydrogen-bond donors (Lipinski definition) is 0. The summed E-state index contributed by atoms with van der Waals surface area (Å²) >= 11 is 17.5. The number of rotatable bonds is 1. The van der Waals surface area contributed by atoms with Gasteiger partial charge in [0.05, 0.1) is 15.6 Å². The minimum absolute atomic E-state index is 0.153. The van der Waals surface area contributed by atoms with E-state index in [0.717, 1.165) is 0 Å². The summed E-state index contributed by atoms with van der Waals surface area (Å²) in [4.78, 5) is 11.8. The van der Waals surface area contributed by atoms with Crippen LogP contribution >= 0.6 is 34.8 Å². The summed E-state index contributed by atoms with van der Waals surface area (Å²) in [6, 6.07) is 2.91. The summed E-state index contributed by atoms with van der Waals surface area (Å²) in [5.41, 5.74) is -0.413. The van der Waals surface area contributed by atoms with E-state index in [1.807, 2.05) is 0 Å². The maximum absolute atomic E-state index is 11.8. The van der Waals surface area contributed by atoms with Crippen molar-refractivity contribution in [3.63, 3.8) is 0 Å². The summed E-state index contributed by atoms with van der Waals surface area (Å²) in [6.45, 7) is 5.31. The van der Waals surface area contributed by atoms with Crippen molar-refractivity contribution in [2.45, 2.75) is 26.4 Å². The maximum Gasteiger partial charge on any atom is 0.340 e. The summed E-state index contributed by atoms with van der Waals surface area (Å²) in [5.74, 6) is -0.540. The molecule has 0 saturated carbocycles. The van der Waals surface area contributed by atoms with Gasteiger partial charge in [0.1, 0.15) is 5.60 Å². The van der Waals surface area contributed by atoms with Crippen LogP contribution in [0.15, 0.2) is 12.1 Å². The first-order valence-electron chi connectivity index (χ1n) is 4.58. The zero-order valence-electron chi connectivity index (χ0n) is 9.11. The van der Waals surface area contributed by atoms with Crippen LogP contribution in [0.5, 0.6) is 0 Å². The van der Waals surface area contributed by atoms with Gasteiger partial charge in [-0.3, -0.25) is 0 Å². The molecule has 0 aliphatic carbocycles. The molecular weight excluding hydrogens is 270 g/mol. The fourth-order valence-corrected chi connectivity index (χ4v) is 1.72. The highest BCUT2D eigenvalue weighted by Gasteiger charge is 2.21. The highest BCUT2D eigenvalue weighted by molar-refractivity contribution is 6.45. The molecule has 0 atom stereocenters. The molecule has 16 heavy (non-hydrogen) atoms. The molecule has 0 bridgehead atoms. The second kappa shape index (κ2) is 4.82. The first kappa shape index (κ1) is 13.6. The average molecular weight is 282 g/mol. The predicted octanol–water partition coefficient (Wildman–Crippen LogP) is 4.60. The van der Waals surface area contributed by atoms with Crippen LogP contribution < -0.4 is 0 Å². The second-order valence-electron chi connectivity index (χ2n) is 4.25. The Morgan fingerprint density at radius 3 is 2.25 bits per heavy atom. The lowest BCUT2D eigenvalue weighted by Crippen LogP contribution is -2.24. The summed E-state index contributed by atoms with van der Waals surface area (Å²) in [6.07, 6.45) is 0. The van der Waals surface area contributed by atoms with Gasteiger partial charge in [0.25, 0.3) is 0 Å². The Morgan fingerprint density at radius 2 is 1.75 bits per heavy atom. The van der Waals surface area contributed by atoms with Crippen LogP contribution in [0.1, 0.15) is 31.1 Å². The lowest BCUT2D eigenvalue weighted by atomic mass is 10.1. The number of carbonyl (C=O) groups excluding carboxylic acids is 1.